The molecule has 2 saturated heterocycles. The molecule has 2 N–H and O–H groups in total. The molecule has 0 spiro atoms. The molecule has 8 heteroatoms. The van der Waals surface area contributed by atoms with E-state index in [9.17, 15) is 9.59 Å². The number of carboxylic acids is 1. The lowest BCUT2D eigenvalue weighted by atomic mass is 10.1. The normalized spacial score (nSPS) is 25.6. The van der Waals surface area contributed by atoms with Crippen LogP contribution >= 0.6 is 0 Å². The van der Waals surface area contributed by atoms with Gasteiger partial charge in [0.2, 0.25) is 5.91 Å². The summed E-state index contributed by atoms with van der Waals surface area (Å²) in [5.41, 5.74) is -0.123. The Morgan fingerprint density at radius 1 is 1.44 bits per heavy atom. The van der Waals surface area contributed by atoms with Crippen LogP contribution < -0.4 is 10.1 Å². The topological polar surface area (TPSA) is 116 Å². The molecule has 0 aliphatic carbocycles. The monoisotopic (exact) mass is 344 g/mol. The first-order chi connectivity index (χ1) is 12.1. The largest absolute Gasteiger partial charge is 0.489 e. The Balaban J connectivity index is 1.55. The number of pyridine rings is 1. The third-order valence-corrected chi connectivity index (χ3v) is 4.64. The molecule has 0 radical (unpaired) electrons. The summed E-state index contributed by atoms with van der Waals surface area (Å²) in [6, 6.07) is 4.69. The number of nitriles is 1. The Morgan fingerprint density at radius 3 is 3.04 bits per heavy atom. The van der Waals surface area contributed by atoms with E-state index in [2.05, 4.69) is 16.4 Å². The minimum atomic E-state index is -1.14. The average Bonchev–Trinajstić information content (AvgIpc) is 3.28. The Bertz CT molecular complexity index is 702. The Morgan fingerprint density at radius 2 is 2.28 bits per heavy atom. The molecule has 3 rings (SSSR count). The summed E-state index contributed by atoms with van der Waals surface area (Å²) >= 11 is 0. The molecule has 2 fully saturated rings. The number of carbonyl (C=O) groups excluding carboxylic acids is 1. The van der Waals surface area contributed by atoms with E-state index in [1.165, 1.54) is 6.20 Å². The minimum Gasteiger partial charge on any atom is -0.489 e. The summed E-state index contributed by atoms with van der Waals surface area (Å²) < 4.78 is 5.60. The SMILES string of the molecule is N#C[C@@H]1CCCN1C(=O)[C@@H]1CC[C@H](COc2cccnc2C(=O)O)N1. The van der Waals surface area contributed by atoms with Crippen molar-refractivity contribution >= 4 is 11.9 Å². The van der Waals surface area contributed by atoms with E-state index in [0.29, 0.717) is 13.0 Å². The van der Waals surface area contributed by atoms with Gasteiger partial charge in [-0.2, -0.15) is 5.26 Å². The predicted octanol–water partition coefficient (Wildman–Crippen LogP) is 0.794. The molecule has 0 unspecified atom stereocenters. The van der Waals surface area contributed by atoms with Gasteiger partial charge in [0.25, 0.3) is 0 Å². The molecule has 0 bridgehead atoms. The van der Waals surface area contributed by atoms with Crippen molar-refractivity contribution < 1.29 is 19.4 Å². The van der Waals surface area contributed by atoms with Gasteiger partial charge in [0.05, 0.1) is 12.1 Å². The lowest BCUT2D eigenvalue weighted by molar-refractivity contribution is -0.133. The number of aromatic nitrogens is 1. The van der Waals surface area contributed by atoms with Crippen LogP contribution in [0.25, 0.3) is 0 Å². The predicted molar refractivity (Wildman–Crippen MR) is 87.0 cm³/mol. The third kappa shape index (κ3) is 3.72. The Hall–Kier alpha value is -2.66. The molecule has 3 atom stereocenters. The van der Waals surface area contributed by atoms with Crippen LogP contribution in [0.5, 0.6) is 5.75 Å². The quantitative estimate of drug-likeness (QED) is 0.811. The second-order valence-corrected chi connectivity index (χ2v) is 6.28. The molecule has 3 heterocycles. The number of amides is 1. The summed E-state index contributed by atoms with van der Waals surface area (Å²) in [5, 5.41) is 21.5. The van der Waals surface area contributed by atoms with Gasteiger partial charge >= 0.3 is 5.97 Å². The fourth-order valence-electron chi connectivity index (χ4n) is 3.37. The van der Waals surface area contributed by atoms with Gasteiger partial charge in [-0.25, -0.2) is 9.78 Å². The van der Waals surface area contributed by atoms with Crippen molar-refractivity contribution in [3.63, 3.8) is 0 Å². The van der Waals surface area contributed by atoms with Crippen LogP contribution in [-0.4, -0.2) is 58.1 Å². The number of hydrogen-bond acceptors (Lipinski definition) is 6. The van der Waals surface area contributed by atoms with E-state index in [-0.39, 0.29) is 42.1 Å². The zero-order valence-electron chi connectivity index (χ0n) is 13.7. The van der Waals surface area contributed by atoms with Crippen LogP contribution in [0.15, 0.2) is 18.3 Å². The van der Waals surface area contributed by atoms with E-state index in [1.54, 1.807) is 17.0 Å². The van der Waals surface area contributed by atoms with Crippen LogP contribution in [0.1, 0.15) is 36.2 Å². The molecule has 25 heavy (non-hydrogen) atoms. The molecule has 2 aliphatic rings. The fourth-order valence-corrected chi connectivity index (χ4v) is 3.37. The van der Waals surface area contributed by atoms with Crippen molar-refractivity contribution in [3.8, 4) is 11.8 Å². The van der Waals surface area contributed by atoms with Gasteiger partial charge in [-0.15, -0.1) is 0 Å². The van der Waals surface area contributed by atoms with Gasteiger partial charge in [-0.3, -0.25) is 10.1 Å². The van der Waals surface area contributed by atoms with Crippen LogP contribution in [-0.2, 0) is 4.79 Å². The van der Waals surface area contributed by atoms with Crippen LogP contribution in [0.2, 0.25) is 0 Å². The highest BCUT2D eigenvalue weighted by Gasteiger charge is 2.37. The molecule has 1 amide bonds. The zero-order valence-corrected chi connectivity index (χ0v) is 13.7. The summed E-state index contributed by atoms with van der Waals surface area (Å²) in [7, 11) is 0. The van der Waals surface area contributed by atoms with Crippen molar-refractivity contribution in [2.24, 2.45) is 0 Å². The standard InChI is InChI=1S/C17H20N4O4/c18-9-12-3-2-8-21(12)16(22)13-6-5-11(20-13)10-25-14-4-1-7-19-15(14)17(23)24/h1,4,7,11-13,20H,2-3,5-6,8,10H2,(H,23,24)/t11-,12+,13+/m1/s1. The molecule has 2 aliphatic heterocycles. The molecular weight excluding hydrogens is 324 g/mol. The lowest BCUT2D eigenvalue weighted by Gasteiger charge is -2.24. The number of ether oxygens (including phenoxy) is 1. The highest BCUT2D eigenvalue weighted by Crippen LogP contribution is 2.22. The van der Waals surface area contributed by atoms with Gasteiger partial charge in [-0.1, -0.05) is 0 Å². The number of nitrogens with one attached hydrogen (secondary N) is 1. The van der Waals surface area contributed by atoms with Crippen molar-refractivity contribution in [2.45, 2.75) is 43.8 Å². The number of carboxylic acid groups (broad SMARTS) is 1. The van der Waals surface area contributed by atoms with Gasteiger partial charge in [0.1, 0.15) is 12.6 Å². The summed E-state index contributed by atoms with van der Waals surface area (Å²) in [5.74, 6) is -0.950. The number of nitrogens with zero attached hydrogens (tertiary/aromatic N) is 3. The first kappa shape index (κ1) is 17.2. The maximum absolute atomic E-state index is 12.6. The second-order valence-electron chi connectivity index (χ2n) is 6.28. The van der Waals surface area contributed by atoms with E-state index >= 15 is 0 Å². The van der Waals surface area contributed by atoms with Crippen LogP contribution in [0.4, 0.5) is 0 Å². The third-order valence-electron chi connectivity index (χ3n) is 4.64. The van der Waals surface area contributed by atoms with E-state index in [4.69, 9.17) is 15.1 Å². The minimum absolute atomic E-state index is 0.0286. The van der Waals surface area contributed by atoms with E-state index in [1.807, 2.05) is 0 Å². The maximum atomic E-state index is 12.6. The fraction of sp³-hybridized carbons (Fsp3) is 0.529. The highest BCUT2D eigenvalue weighted by atomic mass is 16.5. The van der Waals surface area contributed by atoms with Crippen molar-refractivity contribution in [1.82, 2.24) is 15.2 Å². The van der Waals surface area contributed by atoms with Crippen molar-refractivity contribution in [1.29, 1.82) is 5.26 Å². The summed E-state index contributed by atoms with van der Waals surface area (Å²) in [6.45, 7) is 0.894. The first-order valence-corrected chi connectivity index (χ1v) is 8.37. The van der Waals surface area contributed by atoms with Crippen LogP contribution in [0.3, 0.4) is 0 Å². The first-order valence-electron chi connectivity index (χ1n) is 8.37. The molecule has 132 valence electrons. The Labute approximate surface area is 145 Å². The molecule has 1 aromatic rings. The Kier molecular flexibility index (Phi) is 5.14. The summed E-state index contributed by atoms with van der Waals surface area (Å²) in [4.78, 5) is 29.2. The van der Waals surface area contributed by atoms with E-state index in [0.717, 1.165) is 19.3 Å². The van der Waals surface area contributed by atoms with Crippen molar-refractivity contribution in [2.75, 3.05) is 13.2 Å². The maximum Gasteiger partial charge on any atom is 0.358 e. The van der Waals surface area contributed by atoms with Gasteiger partial charge in [-0.05, 0) is 37.8 Å². The van der Waals surface area contributed by atoms with E-state index < -0.39 is 5.97 Å². The number of rotatable bonds is 5. The number of likely N-dealkylation sites (tertiary alicyclic amines) is 1. The lowest BCUT2D eigenvalue weighted by Crippen LogP contribution is -2.47. The average molecular weight is 344 g/mol. The number of carbonyl (C=O) groups is 2. The summed E-state index contributed by atoms with van der Waals surface area (Å²) in [6.07, 6.45) is 4.44. The number of aromatic carboxylic acids is 1. The smallest absolute Gasteiger partial charge is 0.358 e. The van der Waals surface area contributed by atoms with Crippen molar-refractivity contribution in [3.05, 3.63) is 24.0 Å². The highest BCUT2D eigenvalue weighted by molar-refractivity contribution is 5.88. The van der Waals surface area contributed by atoms with Gasteiger partial charge in [0.15, 0.2) is 11.4 Å². The van der Waals surface area contributed by atoms with Gasteiger partial charge < -0.3 is 14.7 Å². The molecule has 1 aromatic heterocycles. The van der Waals surface area contributed by atoms with Gasteiger partial charge in [0, 0.05) is 18.8 Å². The second kappa shape index (κ2) is 7.49. The van der Waals surface area contributed by atoms with Crippen LogP contribution in [0, 0.1) is 11.3 Å². The molecule has 0 aromatic carbocycles. The zero-order chi connectivity index (χ0) is 17.8. The molecule has 0 saturated carbocycles. The number of hydrogen-bond donors (Lipinski definition) is 2. The molecule has 8 nitrogen and oxygen atoms in total. The molecular formula is C17H20N4O4.